The number of benzene rings is 1. The quantitative estimate of drug-likeness (QED) is 0.628. The van der Waals surface area contributed by atoms with Crippen LogP contribution in [0.25, 0.3) is 11.5 Å². The number of nitrogens with zero attached hydrogens (tertiary/aromatic N) is 5. The lowest BCUT2D eigenvalue weighted by atomic mass is 10.2. The molecular formula is C23H28N6O2. The van der Waals surface area contributed by atoms with Gasteiger partial charge in [-0.25, -0.2) is 15.0 Å². The van der Waals surface area contributed by atoms with Crippen LogP contribution in [0.15, 0.2) is 53.2 Å². The monoisotopic (exact) mass is 420 g/mol. The topological polar surface area (TPSA) is 87.4 Å². The van der Waals surface area contributed by atoms with Gasteiger partial charge in [0, 0.05) is 56.7 Å². The SMILES string of the molecule is Cc1oc(-c2ccccc2)nc1CC(=O)NCC(C)N1CCN(c2ncccn2)CC1. The number of oxazole rings is 1. The van der Waals surface area contributed by atoms with E-state index in [-0.39, 0.29) is 18.4 Å². The standard InChI is InChI=1S/C23H28N6O2/c1-17(28-11-13-29(14-12-28)23-24-9-6-10-25-23)16-26-21(30)15-20-18(2)31-22(27-20)19-7-4-3-5-8-19/h3-10,17H,11-16H2,1-2H3,(H,26,30). The number of hydrogen-bond donors (Lipinski definition) is 1. The lowest BCUT2D eigenvalue weighted by Crippen LogP contribution is -2.52. The average molecular weight is 421 g/mol. The molecule has 1 amide bonds. The molecule has 1 saturated heterocycles. The van der Waals surface area contributed by atoms with Crippen LogP contribution >= 0.6 is 0 Å². The Bertz CT molecular complexity index is 984. The Morgan fingerprint density at radius 3 is 2.52 bits per heavy atom. The summed E-state index contributed by atoms with van der Waals surface area (Å²) in [7, 11) is 0. The summed E-state index contributed by atoms with van der Waals surface area (Å²) in [6.45, 7) is 8.18. The Hall–Kier alpha value is -3.26. The first kappa shape index (κ1) is 21.0. The van der Waals surface area contributed by atoms with Crippen LogP contribution in [-0.4, -0.2) is 64.5 Å². The van der Waals surface area contributed by atoms with Crippen molar-refractivity contribution in [1.82, 2.24) is 25.2 Å². The summed E-state index contributed by atoms with van der Waals surface area (Å²) in [5.74, 6) is 1.97. The maximum Gasteiger partial charge on any atom is 0.226 e. The molecule has 0 radical (unpaired) electrons. The number of hydrogen-bond acceptors (Lipinski definition) is 7. The number of amides is 1. The van der Waals surface area contributed by atoms with Crippen LogP contribution in [0.3, 0.4) is 0 Å². The molecule has 1 atom stereocenters. The number of aryl methyl sites for hydroxylation is 1. The van der Waals surface area contributed by atoms with Gasteiger partial charge in [0.05, 0.1) is 12.1 Å². The molecule has 1 fully saturated rings. The van der Waals surface area contributed by atoms with Gasteiger partial charge in [0.2, 0.25) is 17.7 Å². The molecule has 0 aliphatic carbocycles. The lowest BCUT2D eigenvalue weighted by molar-refractivity contribution is -0.120. The molecule has 1 aromatic carbocycles. The molecule has 0 saturated carbocycles. The largest absolute Gasteiger partial charge is 0.441 e. The second kappa shape index (κ2) is 9.70. The zero-order chi connectivity index (χ0) is 21.6. The number of rotatable bonds is 7. The van der Waals surface area contributed by atoms with E-state index in [1.807, 2.05) is 43.3 Å². The fourth-order valence-electron chi connectivity index (χ4n) is 3.72. The summed E-state index contributed by atoms with van der Waals surface area (Å²) in [4.78, 5) is 30.2. The van der Waals surface area contributed by atoms with Crippen molar-refractivity contribution in [3.8, 4) is 11.5 Å². The van der Waals surface area contributed by atoms with Gasteiger partial charge in [-0.2, -0.15) is 0 Å². The van der Waals surface area contributed by atoms with E-state index < -0.39 is 0 Å². The van der Waals surface area contributed by atoms with Crippen molar-refractivity contribution in [2.45, 2.75) is 26.3 Å². The number of anilines is 1. The van der Waals surface area contributed by atoms with E-state index in [4.69, 9.17) is 4.42 Å². The van der Waals surface area contributed by atoms with Crippen molar-refractivity contribution >= 4 is 11.9 Å². The molecule has 8 nitrogen and oxygen atoms in total. The zero-order valence-electron chi connectivity index (χ0n) is 18.0. The summed E-state index contributed by atoms with van der Waals surface area (Å²) in [5, 5.41) is 3.05. The molecule has 31 heavy (non-hydrogen) atoms. The van der Waals surface area contributed by atoms with Crippen LogP contribution in [0.2, 0.25) is 0 Å². The number of carbonyl (C=O) groups is 1. The van der Waals surface area contributed by atoms with Gasteiger partial charge >= 0.3 is 0 Å². The lowest BCUT2D eigenvalue weighted by Gasteiger charge is -2.38. The molecule has 1 N–H and O–H groups in total. The van der Waals surface area contributed by atoms with E-state index in [0.29, 0.717) is 23.9 Å². The highest BCUT2D eigenvalue weighted by atomic mass is 16.4. The summed E-state index contributed by atoms with van der Waals surface area (Å²) in [6.07, 6.45) is 3.76. The fourth-order valence-corrected chi connectivity index (χ4v) is 3.72. The van der Waals surface area contributed by atoms with Gasteiger partial charge < -0.3 is 14.6 Å². The Balaban J connectivity index is 1.24. The van der Waals surface area contributed by atoms with Gasteiger partial charge in [0.15, 0.2) is 0 Å². The average Bonchev–Trinajstić information content (AvgIpc) is 3.19. The van der Waals surface area contributed by atoms with E-state index in [2.05, 4.69) is 37.0 Å². The van der Waals surface area contributed by atoms with Crippen LogP contribution in [0.4, 0.5) is 5.95 Å². The van der Waals surface area contributed by atoms with Gasteiger partial charge in [-0.3, -0.25) is 9.69 Å². The Morgan fingerprint density at radius 1 is 1.10 bits per heavy atom. The van der Waals surface area contributed by atoms with Crippen molar-refractivity contribution in [1.29, 1.82) is 0 Å². The van der Waals surface area contributed by atoms with Crippen molar-refractivity contribution in [3.05, 3.63) is 60.2 Å². The zero-order valence-corrected chi connectivity index (χ0v) is 18.0. The van der Waals surface area contributed by atoms with Crippen molar-refractivity contribution < 1.29 is 9.21 Å². The molecule has 1 unspecified atom stereocenters. The first-order valence-corrected chi connectivity index (χ1v) is 10.6. The van der Waals surface area contributed by atoms with Gasteiger partial charge in [-0.1, -0.05) is 18.2 Å². The van der Waals surface area contributed by atoms with Crippen LogP contribution in [-0.2, 0) is 11.2 Å². The van der Waals surface area contributed by atoms with E-state index in [1.54, 1.807) is 12.4 Å². The minimum absolute atomic E-state index is 0.0424. The van der Waals surface area contributed by atoms with Crippen molar-refractivity contribution in [2.24, 2.45) is 0 Å². The third kappa shape index (κ3) is 5.27. The van der Waals surface area contributed by atoms with Crippen molar-refractivity contribution in [3.63, 3.8) is 0 Å². The highest BCUT2D eigenvalue weighted by molar-refractivity contribution is 5.78. The van der Waals surface area contributed by atoms with Crippen LogP contribution in [0.1, 0.15) is 18.4 Å². The second-order valence-electron chi connectivity index (χ2n) is 7.79. The maximum atomic E-state index is 12.5. The molecule has 8 heteroatoms. The number of piperazine rings is 1. The van der Waals surface area contributed by atoms with E-state index in [1.165, 1.54) is 0 Å². The summed E-state index contributed by atoms with van der Waals surface area (Å²) in [5.41, 5.74) is 1.59. The highest BCUT2D eigenvalue weighted by Gasteiger charge is 2.23. The molecule has 1 aliphatic heterocycles. The Labute approximate surface area is 182 Å². The molecule has 3 aromatic rings. The number of nitrogens with one attached hydrogen (secondary N) is 1. The molecule has 2 aromatic heterocycles. The summed E-state index contributed by atoms with van der Waals surface area (Å²) < 4.78 is 5.75. The normalized spacial score (nSPS) is 15.6. The van der Waals surface area contributed by atoms with Crippen LogP contribution < -0.4 is 10.2 Å². The third-order valence-corrected chi connectivity index (χ3v) is 5.61. The number of carbonyl (C=O) groups excluding carboxylic acids is 1. The van der Waals surface area contributed by atoms with Gasteiger partial charge in [-0.05, 0) is 32.0 Å². The molecule has 0 spiro atoms. The fraction of sp³-hybridized carbons (Fsp3) is 0.391. The predicted molar refractivity (Wildman–Crippen MR) is 119 cm³/mol. The Morgan fingerprint density at radius 2 is 1.81 bits per heavy atom. The Kier molecular flexibility index (Phi) is 6.57. The summed E-state index contributed by atoms with van der Waals surface area (Å²) in [6, 6.07) is 11.8. The van der Waals surface area contributed by atoms with Gasteiger partial charge in [0.1, 0.15) is 5.76 Å². The minimum Gasteiger partial charge on any atom is -0.441 e. The molecule has 162 valence electrons. The second-order valence-corrected chi connectivity index (χ2v) is 7.79. The smallest absolute Gasteiger partial charge is 0.226 e. The molecule has 0 bridgehead atoms. The minimum atomic E-state index is -0.0424. The molecule has 3 heterocycles. The van der Waals surface area contributed by atoms with Crippen LogP contribution in [0.5, 0.6) is 0 Å². The first-order valence-electron chi connectivity index (χ1n) is 10.6. The highest BCUT2D eigenvalue weighted by Crippen LogP contribution is 2.21. The van der Waals surface area contributed by atoms with E-state index in [0.717, 1.165) is 37.7 Å². The van der Waals surface area contributed by atoms with Crippen molar-refractivity contribution in [2.75, 3.05) is 37.6 Å². The van der Waals surface area contributed by atoms with Crippen LogP contribution in [0, 0.1) is 6.92 Å². The van der Waals surface area contributed by atoms with Gasteiger partial charge in [0.25, 0.3) is 0 Å². The molecule has 4 rings (SSSR count). The molecular weight excluding hydrogens is 392 g/mol. The van der Waals surface area contributed by atoms with E-state index in [9.17, 15) is 4.79 Å². The number of aromatic nitrogens is 3. The van der Waals surface area contributed by atoms with E-state index >= 15 is 0 Å². The first-order chi connectivity index (χ1) is 15.1. The van der Waals surface area contributed by atoms with Gasteiger partial charge in [-0.15, -0.1) is 0 Å². The third-order valence-electron chi connectivity index (χ3n) is 5.61. The maximum absolute atomic E-state index is 12.5. The predicted octanol–water partition coefficient (Wildman–Crippen LogP) is 2.31. The summed E-state index contributed by atoms with van der Waals surface area (Å²) >= 11 is 0. The molecule has 1 aliphatic rings.